The molecule has 0 aromatic carbocycles. The summed E-state index contributed by atoms with van der Waals surface area (Å²) in [5.41, 5.74) is 1.11. The molecule has 7 nitrogen and oxygen atoms in total. The summed E-state index contributed by atoms with van der Waals surface area (Å²) in [4.78, 5) is 10.5. The standard InChI is InChI=1S/C10H15N3O4/c1-7-10(13(14)15)8(2)12(11-7)5-9-3-4-16-6-17-9/h9H,3-6H2,1-2H3/t9-/m1/s1. The van der Waals surface area contributed by atoms with Gasteiger partial charge in [-0.05, 0) is 20.3 Å². The van der Waals surface area contributed by atoms with Crippen molar-refractivity contribution in [1.29, 1.82) is 0 Å². The first kappa shape index (κ1) is 12.0. The second-order valence-corrected chi connectivity index (χ2v) is 4.06. The smallest absolute Gasteiger partial charge is 0.312 e. The van der Waals surface area contributed by atoms with E-state index in [-0.39, 0.29) is 23.5 Å². The van der Waals surface area contributed by atoms with Crippen LogP contribution in [0.4, 0.5) is 5.69 Å². The Morgan fingerprint density at radius 2 is 2.35 bits per heavy atom. The minimum Gasteiger partial charge on any atom is -0.355 e. The fraction of sp³-hybridized carbons (Fsp3) is 0.700. The molecule has 1 aromatic heterocycles. The molecule has 1 saturated heterocycles. The van der Waals surface area contributed by atoms with Crippen LogP contribution < -0.4 is 0 Å². The number of hydrogen-bond acceptors (Lipinski definition) is 5. The van der Waals surface area contributed by atoms with Gasteiger partial charge in [0, 0.05) is 0 Å². The van der Waals surface area contributed by atoms with Crippen molar-refractivity contribution >= 4 is 5.69 Å². The Bertz CT molecular complexity index is 423. The fourth-order valence-corrected chi connectivity index (χ4v) is 1.97. The molecule has 0 saturated carbocycles. The molecule has 0 bridgehead atoms. The molecule has 94 valence electrons. The molecule has 0 spiro atoms. The summed E-state index contributed by atoms with van der Waals surface area (Å²) in [5.74, 6) is 0. The molecule has 2 rings (SSSR count). The van der Waals surface area contributed by atoms with Gasteiger partial charge in [0.2, 0.25) is 0 Å². The van der Waals surface area contributed by atoms with Crippen molar-refractivity contribution in [2.75, 3.05) is 13.4 Å². The van der Waals surface area contributed by atoms with E-state index in [1.54, 1.807) is 18.5 Å². The first-order chi connectivity index (χ1) is 8.09. The van der Waals surface area contributed by atoms with E-state index in [1.807, 2.05) is 0 Å². The average molecular weight is 241 g/mol. The zero-order valence-electron chi connectivity index (χ0n) is 9.88. The third kappa shape index (κ3) is 2.45. The largest absolute Gasteiger partial charge is 0.355 e. The molecule has 17 heavy (non-hydrogen) atoms. The van der Waals surface area contributed by atoms with E-state index in [2.05, 4.69) is 5.10 Å². The predicted molar refractivity (Wildman–Crippen MR) is 58.7 cm³/mol. The summed E-state index contributed by atoms with van der Waals surface area (Å²) in [6.45, 7) is 4.83. The van der Waals surface area contributed by atoms with Crippen molar-refractivity contribution in [2.45, 2.75) is 32.9 Å². The quantitative estimate of drug-likeness (QED) is 0.586. The molecule has 1 atom stereocenters. The van der Waals surface area contributed by atoms with Gasteiger partial charge in [-0.15, -0.1) is 0 Å². The Morgan fingerprint density at radius 1 is 1.59 bits per heavy atom. The molecule has 0 aliphatic carbocycles. The minimum atomic E-state index is -0.390. The summed E-state index contributed by atoms with van der Waals surface area (Å²) in [5, 5.41) is 15.0. The van der Waals surface area contributed by atoms with Gasteiger partial charge in [0.05, 0.1) is 24.2 Å². The SMILES string of the molecule is Cc1nn(C[C@H]2CCOCO2)c(C)c1[N+](=O)[O-]. The highest BCUT2D eigenvalue weighted by molar-refractivity contribution is 5.39. The molecule has 0 unspecified atom stereocenters. The first-order valence-electron chi connectivity index (χ1n) is 5.47. The van der Waals surface area contributed by atoms with Crippen molar-refractivity contribution in [3.63, 3.8) is 0 Å². The molecular formula is C10H15N3O4. The maximum atomic E-state index is 10.8. The first-order valence-corrected chi connectivity index (χ1v) is 5.47. The van der Waals surface area contributed by atoms with Crippen molar-refractivity contribution in [3.05, 3.63) is 21.5 Å². The minimum absolute atomic E-state index is 0.0151. The van der Waals surface area contributed by atoms with E-state index in [0.29, 0.717) is 24.5 Å². The normalized spacial score (nSPS) is 20.5. The number of aromatic nitrogens is 2. The van der Waals surface area contributed by atoms with Gasteiger partial charge in [-0.1, -0.05) is 0 Å². The van der Waals surface area contributed by atoms with E-state index >= 15 is 0 Å². The Hall–Kier alpha value is -1.47. The summed E-state index contributed by atoms with van der Waals surface area (Å²) >= 11 is 0. The number of nitrogens with zero attached hydrogens (tertiary/aromatic N) is 3. The topological polar surface area (TPSA) is 79.4 Å². The van der Waals surface area contributed by atoms with E-state index in [4.69, 9.17) is 9.47 Å². The van der Waals surface area contributed by atoms with Gasteiger partial charge in [0.1, 0.15) is 18.2 Å². The zero-order chi connectivity index (χ0) is 12.4. The predicted octanol–water partition coefficient (Wildman–Crippen LogP) is 1.17. The molecule has 1 fully saturated rings. The van der Waals surface area contributed by atoms with Gasteiger partial charge >= 0.3 is 5.69 Å². The van der Waals surface area contributed by atoms with Crippen LogP contribution in [-0.2, 0) is 16.0 Å². The lowest BCUT2D eigenvalue weighted by Gasteiger charge is -2.22. The van der Waals surface area contributed by atoms with Gasteiger partial charge in [-0.2, -0.15) is 5.10 Å². The van der Waals surface area contributed by atoms with E-state index in [1.165, 1.54) is 0 Å². The van der Waals surface area contributed by atoms with Crippen molar-refractivity contribution in [1.82, 2.24) is 9.78 Å². The van der Waals surface area contributed by atoms with Crippen LogP contribution in [0.3, 0.4) is 0 Å². The Morgan fingerprint density at radius 3 is 2.88 bits per heavy atom. The van der Waals surface area contributed by atoms with Crippen LogP contribution in [0, 0.1) is 24.0 Å². The molecular weight excluding hydrogens is 226 g/mol. The van der Waals surface area contributed by atoms with Gasteiger partial charge in [-0.3, -0.25) is 14.8 Å². The van der Waals surface area contributed by atoms with E-state index in [0.717, 1.165) is 6.42 Å². The lowest BCUT2D eigenvalue weighted by Crippen LogP contribution is -2.28. The van der Waals surface area contributed by atoms with Crippen LogP contribution in [0.2, 0.25) is 0 Å². The fourth-order valence-electron chi connectivity index (χ4n) is 1.97. The van der Waals surface area contributed by atoms with Gasteiger partial charge in [0.15, 0.2) is 0 Å². The lowest BCUT2D eigenvalue weighted by molar-refractivity contribution is -0.386. The highest BCUT2D eigenvalue weighted by Crippen LogP contribution is 2.22. The van der Waals surface area contributed by atoms with E-state index in [9.17, 15) is 10.1 Å². The number of nitro groups is 1. The molecule has 1 aromatic rings. The number of rotatable bonds is 3. The second kappa shape index (κ2) is 4.80. The zero-order valence-corrected chi connectivity index (χ0v) is 9.88. The van der Waals surface area contributed by atoms with Crippen LogP contribution in [0.15, 0.2) is 0 Å². The van der Waals surface area contributed by atoms with Gasteiger partial charge < -0.3 is 9.47 Å². The molecule has 1 aliphatic rings. The van der Waals surface area contributed by atoms with Gasteiger partial charge in [0.25, 0.3) is 0 Å². The van der Waals surface area contributed by atoms with Crippen molar-refractivity contribution in [2.24, 2.45) is 0 Å². The Balaban J connectivity index is 2.15. The maximum absolute atomic E-state index is 10.8. The second-order valence-electron chi connectivity index (χ2n) is 4.06. The molecule has 0 radical (unpaired) electrons. The summed E-state index contributed by atoms with van der Waals surface area (Å²) < 4.78 is 12.1. The highest BCUT2D eigenvalue weighted by Gasteiger charge is 2.24. The van der Waals surface area contributed by atoms with Crippen molar-refractivity contribution in [3.8, 4) is 0 Å². The van der Waals surface area contributed by atoms with Crippen LogP contribution in [-0.4, -0.2) is 34.2 Å². The Labute approximate surface area is 98.5 Å². The third-order valence-corrected chi connectivity index (χ3v) is 2.87. The van der Waals surface area contributed by atoms with Crippen LogP contribution >= 0.6 is 0 Å². The molecule has 1 aliphatic heterocycles. The summed E-state index contributed by atoms with van der Waals surface area (Å²) in [6.07, 6.45) is 0.799. The average Bonchev–Trinajstić information content (AvgIpc) is 2.55. The van der Waals surface area contributed by atoms with Crippen molar-refractivity contribution < 1.29 is 14.4 Å². The monoisotopic (exact) mass is 241 g/mol. The Kier molecular flexibility index (Phi) is 3.39. The molecule has 0 N–H and O–H groups in total. The van der Waals surface area contributed by atoms with E-state index < -0.39 is 0 Å². The summed E-state index contributed by atoms with van der Waals surface area (Å²) in [7, 11) is 0. The molecule has 0 amide bonds. The maximum Gasteiger partial charge on any atom is 0.312 e. The molecule has 2 heterocycles. The van der Waals surface area contributed by atoms with Gasteiger partial charge in [-0.25, -0.2) is 0 Å². The highest BCUT2D eigenvalue weighted by atomic mass is 16.7. The summed E-state index contributed by atoms with van der Waals surface area (Å²) in [6, 6.07) is 0. The number of hydrogen-bond donors (Lipinski definition) is 0. The lowest BCUT2D eigenvalue weighted by atomic mass is 10.2. The number of aryl methyl sites for hydroxylation is 1. The number of ether oxygens (including phenoxy) is 2. The van der Waals surface area contributed by atoms with Crippen LogP contribution in [0.1, 0.15) is 17.8 Å². The third-order valence-electron chi connectivity index (χ3n) is 2.87. The molecule has 7 heteroatoms. The van der Waals surface area contributed by atoms with Crippen LogP contribution in [0.5, 0.6) is 0 Å². The van der Waals surface area contributed by atoms with Crippen LogP contribution in [0.25, 0.3) is 0 Å².